The summed E-state index contributed by atoms with van der Waals surface area (Å²) in [4.78, 5) is 3.85. The van der Waals surface area contributed by atoms with Gasteiger partial charge in [-0.25, -0.2) is 8.78 Å². The van der Waals surface area contributed by atoms with Gasteiger partial charge in [-0.15, -0.1) is 0 Å². The van der Waals surface area contributed by atoms with Gasteiger partial charge in [0.25, 0.3) is 5.92 Å². The van der Waals surface area contributed by atoms with Crippen molar-refractivity contribution in [3.05, 3.63) is 24.0 Å². The number of nitrogens with two attached hydrogens (primary N) is 1. The van der Waals surface area contributed by atoms with Crippen molar-refractivity contribution in [2.75, 3.05) is 7.11 Å². The second-order valence-corrected chi connectivity index (χ2v) is 3.41. The largest absolute Gasteiger partial charge is 0.495 e. The highest BCUT2D eigenvalue weighted by molar-refractivity contribution is 5.40. The van der Waals surface area contributed by atoms with Gasteiger partial charge in [0.1, 0.15) is 17.0 Å². The fraction of sp³-hybridized carbons (Fsp3) is 0.444. The van der Waals surface area contributed by atoms with Gasteiger partial charge >= 0.3 is 0 Å². The average molecular weight is 200 g/mol. The summed E-state index contributed by atoms with van der Waals surface area (Å²) in [7, 11) is 1.41. The Morgan fingerprint density at radius 2 is 2.21 bits per heavy atom. The number of hydrogen-bond acceptors (Lipinski definition) is 3. The summed E-state index contributed by atoms with van der Waals surface area (Å²) < 4.78 is 30.9. The van der Waals surface area contributed by atoms with Crippen LogP contribution in [0, 0.1) is 0 Å². The lowest BCUT2D eigenvalue weighted by atomic mass is 10.1. The quantitative estimate of drug-likeness (QED) is 0.782. The monoisotopic (exact) mass is 200 g/mol. The van der Waals surface area contributed by atoms with Gasteiger partial charge in [0.15, 0.2) is 0 Å². The molecule has 14 heavy (non-hydrogen) atoms. The van der Waals surface area contributed by atoms with Gasteiger partial charge in [0, 0.05) is 12.6 Å². The van der Waals surface area contributed by atoms with Crippen molar-refractivity contribution in [2.45, 2.75) is 17.9 Å². The minimum absolute atomic E-state index is 0.132. The van der Waals surface area contributed by atoms with Crippen molar-refractivity contribution in [3.8, 4) is 5.75 Å². The van der Waals surface area contributed by atoms with Gasteiger partial charge in [-0.05, 0) is 12.1 Å². The molecule has 0 radical (unpaired) electrons. The molecule has 5 heteroatoms. The molecular formula is C9H10F2N2O. The van der Waals surface area contributed by atoms with E-state index in [0.29, 0.717) is 5.75 Å². The lowest BCUT2D eigenvalue weighted by Gasteiger charge is -2.13. The second-order valence-electron chi connectivity index (χ2n) is 3.41. The molecule has 0 saturated heterocycles. The van der Waals surface area contributed by atoms with Crippen LogP contribution >= 0.6 is 0 Å². The maximum Gasteiger partial charge on any atom is 0.274 e. The Balaban J connectivity index is 2.43. The van der Waals surface area contributed by atoms with Crippen LogP contribution in [0.5, 0.6) is 5.75 Å². The molecule has 1 saturated carbocycles. The van der Waals surface area contributed by atoms with Crippen LogP contribution in [0.3, 0.4) is 0 Å². The zero-order chi connectivity index (χ0) is 10.4. The highest BCUT2D eigenvalue weighted by atomic mass is 19.3. The number of halogens is 2. The van der Waals surface area contributed by atoms with Gasteiger partial charge in [-0.3, -0.25) is 4.98 Å². The third-order valence-corrected chi connectivity index (χ3v) is 2.44. The van der Waals surface area contributed by atoms with E-state index in [9.17, 15) is 8.78 Å². The number of aromatic nitrogens is 1. The Hall–Kier alpha value is -1.23. The Bertz CT molecular complexity index is 370. The summed E-state index contributed by atoms with van der Waals surface area (Å²) in [5, 5.41) is 0. The Kier molecular flexibility index (Phi) is 1.75. The third-order valence-electron chi connectivity index (χ3n) is 2.44. The standard InChI is InChI=1S/C9H10F2N2O/c1-14-6-3-2-4-13-7(6)8(12)5-9(8,10)11/h2-4H,5,12H2,1H3. The summed E-state index contributed by atoms with van der Waals surface area (Å²) in [6.45, 7) is 0. The summed E-state index contributed by atoms with van der Waals surface area (Å²) in [6, 6.07) is 3.19. The van der Waals surface area contributed by atoms with Crippen molar-refractivity contribution in [1.29, 1.82) is 0 Å². The molecule has 2 rings (SSSR count). The molecule has 76 valence electrons. The molecule has 1 fully saturated rings. The number of methoxy groups -OCH3 is 1. The minimum atomic E-state index is -2.87. The van der Waals surface area contributed by atoms with E-state index in [-0.39, 0.29) is 12.1 Å². The van der Waals surface area contributed by atoms with Gasteiger partial charge in [-0.1, -0.05) is 0 Å². The van der Waals surface area contributed by atoms with Gasteiger partial charge in [0.05, 0.1) is 7.11 Å². The van der Waals surface area contributed by atoms with E-state index < -0.39 is 11.5 Å². The van der Waals surface area contributed by atoms with Crippen LogP contribution in [-0.4, -0.2) is 18.0 Å². The van der Waals surface area contributed by atoms with Crippen LogP contribution in [0.2, 0.25) is 0 Å². The van der Waals surface area contributed by atoms with Gasteiger partial charge < -0.3 is 10.5 Å². The molecule has 1 unspecified atom stereocenters. The van der Waals surface area contributed by atoms with E-state index in [2.05, 4.69) is 4.98 Å². The summed E-state index contributed by atoms with van der Waals surface area (Å²) in [6.07, 6.45) is 1.06. The Labute approximate surface area is 79.9 Å². The maximum absolute atomic E-state index is 13.0. The zero-order valence-corrected chi connectivity index (χ0v) is 7.63. The molecular weight excluding hydrogens is 190 g/mol. The fourth-order valence-corrected chi connectivity index (χ4v) is 1.45. The van der Waals surface area contributed by atoms with E-state index >= 15 is 0 Å². The van der Waals surface area contributed by atoms with Crippen molar-refractivity contribution >= 4 is 0 Å². The molecule has 1 heterocycles. The molecule has 0 aliphatic heterocycles. The lowest BCUT2D eigenvalue weighted by Crippen LogP contribution is -2.28. The summed E-state index contributed by atoms with van der Waals surface area (Å²) in [5.74, 6) is -2.55. The molecule has 1 aromatic rings. The Morgan fingerprint density at radius 1 is 1.57 bits per heavy atom. The van der Waals surface area contributed by atoms with Gasteiger partial charge in [0.2, 0.25) is 0 Å². The van der Waals surface area contributed by atoms with E-state index in [1.807, 2.05) is 0 Å². The van der Waals surface area contributed by atoms with E-state index in [0.717, 1.165) is 0 Å². The first-order valence-electron chi connectivity index (χ1n) is 4.17. The molecule has 0 bridgehead atoms. The molecule has 2 N–H and O–H groups in total. The van der Waals surface area contributed by atoms with E-state index in [4.69, 9.17) is 10.5 Å². The fourth-order valence-electron chi connectivity index (χ4n) is 1.45. The van der Waals surface area contributed by atoms with Crippen LogP contribution in [-0.2, 0) is 5.54 Å². The van der Waals surface area contributed by atoms with Crippen LogP contribution in [0.25, 0.3) is 0 Å². The predicted octanol–water partition coefficient (Wildman–Crippen LogP) is 1.28. The number of nitrogens with zero attached hydrogens (tertiary/aromatic N) is 1. The highest BCUT2D eigenvalue weighted by Gasteiger charge is 2.71. The smallest absolute Gasteiger partial charge is 0.274 e. The molecule has 1 atom stereocenters. The first-order valence-corrected chi connectivity index (χ1v) is 4.17. The molecule has 1 aromatic heterocycles. The maximum atomic E-state index is 13.0. The van der Waals surface area contributed by atoms with Crippen molar-refractivity contribution in [1.82, 2.24) is 4.98 Å². The zero-order valence-electron chi connectivity index (χ0n) is 7.63. The van der Waals surface area contributed by atoms with Crippen LogP contribution < -0.4 is 10.5 Å². The van der Waals surface area contributed by atoms with E-state index in [1.54, 1.807) is 12.1 Å². The summed E-state index contributed by atoms with van der Waals surface area (Å²) in [5.41, 5.74) is 4.02. The SMILES string of the molecule is COc1cccnc1C1(N)CC1(F)F. The first-order chi connectivity index (χ1) is 6.51. The minimum Gasteiger partial charge on any atom is -0.495 e. The molecule has 0 aromatic carbocycles. The van der Waals surface area contributed by atoms with E-state index in [1.165, 1.54) is 13.3 Å². The Morgan fingerprint density at radius 3 is 2.71 bits per heavy atom. The van der Waals surface area contributed by atoms with Crippen LogP contribution in [0.1, 0.15) is 12.1 Å². The molecule has 3 nitrogen and oxygen atoms in total. The number of hydrogen-bond donors (Lipinski definition) is 1. The average Bonchev–Trinajstić information content (AvgIpc) is 2.67. The van der Waals surface area contributed by atoms with Crippen LogP contribution in [0.15, 0.2) is 18.3 Å². The number of ether oxygens (including phenoxy) is 1. The van der Waals surface area contributed by atoms with Crippen molar-refractivity contribution in [2.24, 2.45) is 5.73 Å². The second kappa shape index (κ2) is 2.63. The molecule has 1 aliphatic rings. The molecule has 1 aliphatic carbocycles. The number of pyridine rings is 1. The first kappa shape index (κ1) is 9.33. The van der Waals surface area contributed by atoms with Crippen molar-refractivity contribution < 1.29 is 13.5 Å². The predicted molar refractivity (Wildman–Crippen MR) is 46.2 cm³/mol. The normalized spacial score (nSPS) is 28.6. The van der Waals surface area contributed by atoms with Crippen molar-refractivity contribution in [3.63, 3.8) is 0 Å². The lowest BCUT2D eigenvalue weighted by molar-refractivity contribution is 0.0873. The topological polar surface area (TPSA) is 48.1 Å². The third kappa shape index (κ3) is 1.09. The molecule has 0 spiro atoms. The van der Waals surface area contributed by atoms with Crippen LogP contribution in [0.4, 0.5) is 8.78 Å². The molecule has 0 amide bonds. The van der Waals surface area contributed by atoms with Gasteiger partial charge in [-0.2, -0.15) is 0 Å². The number of alkyl halides is 2. The highest BCUT2D eigenvalue weighted by Crippen LogP contribution is 2.58. The summed E-state index contributed by atoms with van der Waals surface area (Å²) >= 11 is 0. The number of rotatable bonds is 2.